The molecule has 1 heterocycles. The number of alkyl carbamates (subject to hydrolysis) is 1. The number of para-hydroxylation sites is 1. The maximum atomic E-state index is 12.2. The summed E-state index contributed by atoms with van der Waals surface area (Å²) < 4.78 is 6.32. The highest BCUT2D eigenvalue weighted by Crippen LogP contribution is 2.29. The van der Waals surface area contributed by atoms with Crippen molar-refractivity contribution in [2.24, 2.45) is 10.7 Å². The lowest BCUT2D eigenvalue weighted by Gasteiger charge is -2.25. The van der Waals surface area contributed by atoms with Gasteiger partial charge in [0, 0.05) is 6.54 Å². The molecule has 2 rings (SSSR count). The highest BCUT2D eigenvalue weighted by atomic mass is 32.1. The van der Waals surface area contributed by atoms with E-state index in [1.54, 1.807) is 27.7 Å². The SMILES string of the molecule is CC(N)=NCCC[C@H](NC(=O)OC(C)(C)C)C(O)c1nc2ccccc2s1. The molecule has 1 amide bonds. The van der Waals surface area contributed by atoms with Gasteiger partial charge in [0.1, 0.15) is 16.7 Å². The number of aliphatic imine (C=N–C) groups is 1. The molecule has 148 valence electrons. The third-order valence-corrected chi connectivity index (χ3v) is 4.79. The number of thiazole rings is 1. The molecule has 0 saturated heterocycles. The fraction of sp³-hybridized carbons (Fsp3) is 0.526. The molecular weight excluding hydrogens is 364 g/mol. The van der Waals surface area contributed by atoms with Gasteiger partial charge in [-0.05, 0) is 52.7 Å². The number of rotatable bonds is 7. The number of amides is 1. The monoisotopic (exact) mass is 392 g/mol. The van der Waals surface area contributed by atoms with Crippen molar-refractivity contribution in [1.29, 1.82) is 0 Å². The molecule has 0 spiro atoms. The van der Waals surface area contributed by atoms with Crippen LogP contribution in [0.2, 0.25) is 0 Å². The summed E-state index contributed by atoms with van der Waals surface area (Å²) in [5.41, 5.74) is 5.77. The highest BCUT2D eigenvalue weighted by Gasteiger charge is 2.27. The lowest BCUT2D eigenvalue weighted by molar-refractivity contribution is 0.0412. The number of ether oxygens (including phenoxy) is 1. The van der Waals surface area contributed by atoms with Crippen molar-refractivity contribution >= 4 is 33.5 Å². The summed E-state index contributed by atoms with van der Waals surface area (Å²) in [4.78, 5) is 20.9. The van der Waals surface area contributed by atoms with Crippen LogP contribution in [0.25, 0.3) is 10.2 Å². The number of aliphatic hydroxyl groups is 1. The maximum absolute atomic E-state index is 12.2. The molecule has 0 fully saturated rings. The lowest BCUT2D eigenvalue weighted by Crippen LogP contribution is -2.42. The zero-order chi connectivity index (χ0) is 20.0. The molecule has 0 radical (unpaired) electrons. The largest absolute Gasteiger partial charge is 0.444 e. The molecule has 1 aromatic carbocycles. The molecule has 1 aromatic heterocycles. The highest BCUT2D eigenvalue weighted by molar-refractivity contribution is 7.18. The van der Waals surface area contributed by atoms with Gasteiger partial charge in [0.2, 0.25) is 0 Å². The summed E-state index contributed by atoms with van der Waals surface area (Å²) in [6.45, 7) is 7.65. The third kappa shape index (κ3) is 6.80. The number of hydrogen-bond donors (Lipinski definition) is 3. The van der Waals surface area contributed by atoms with Gasteiger partial charge in [0.05, 0.1) is 22.1 Å². The Morgan fingerprint density at radius 1 is 1.41 bits per heavy atom. The second-order valence-electron chi connectivity index (χ2n) is 7.38. The summed E-state index contributed by atoms with van der Waals surface area (Å²) in [7, 11) is 0. The second kappa shape index (κ2) is 9.14. The van der Waals surface area contributed by atoms with Crippen LogP contribution < -0.4 is 11.1 Å². The smallest absolute Gasteiger partial charge is 0.407 e. The van der Waals surface area contributed by atoms with E-state index < -0.39 is 23.8 Å². The number of fused-ring (bicyclic) bond motifs is 1. The number of carbonyl (C=O) groups is 1. The number of hydrogen-bond acceptors (Lipinski definition) is 6. The number of aliphatic hydroxyl groups excluding tert-OH is 1. The van der Waals surface area contributed by atoms with Gasteiger partial charge in [0.25, 0.3) is 0 Å². The van der Waals surface area contributed by atoms with E-state index in [-0.39, 0.29) is 0 Å². The quantitative estimate of drug-likeness (QED) is 0.380. The fourth-order valence-electron chi connectivity index (χ4n) is 2.52. The lowest BCUT2D eigenvalue weighted by atomic mass is 10.1. The Morgan fingerprint density at radius 3 is 2.74 bits per heavy atom. The minimum absolute atomic E-state index is 0.512. The van der Waals surface area contributed by atoms with Crippen LogP contribution in [0.1, 0.15) is 51.6 Å². The summed E-state index contributed by atoms with van der Waals surface area (Å²) in [6.07, 6.45) is -0.312. The van der Waals surface area contributed by atoms with Crippen LogP contribution in [-0.4, -0.2) is 40.2 Å². The Hall–Kier alpha value is -2.19. The number of carbonyl (C=O) groups excluding carboxylic acids is 1. The topological polar surface area (TPSA) is 110 Å². The molecule has 7 nitrogen and oxygen atoms in total. The van der Waals surface area contributed by atoms with E-state index in [1.165, 1.54) is 11.3 Å². The molecule has 8 heteroatoms. The summed E-state index contributed by atoms with van der Waals surface area (Å²) in [6, 6.07) is 7.16. The average Bonchev–Trinajstić information content (AvgIpc) is 2.99. The van der Waals surface area contributed by atoms with Crippen molar-refractivity contribution in [2.45, 2.75) is 58.3 Å². The number of nitrogens with zero attached hydrogens (tertiary/aromatic N) is 2. The Bertz CT molecular complexity index is 761. The van der Waals surface area contributed by atoms with E-state index in [9.17, 15) is 9.90 Å². The first-order valence-electron chi connectivity index (χ1n) is 8.95. The van der Waals surface area contributed by atoms with Crippen molar-refractivity contribution in [2.75, 3.05) is 6.54 Å². The van der Waals surface area contributed by atoms with Crippen LogP contribution in [0.3, 0.4) is 0 Å². The maximum Gasteiger partial charge on any atom is 0.407 e. The minimum Gasteiger partial charge on any atom is -0.444 e. The van der Waals surface area contributed by atoms with E-state index in [0.29, 0.717) is 30.2 Å². The van der Waals surface area contributed by atoms with Gasteiger partial charge in [-0.2, -0.15) is 0 Å². The van der Waals surface area contributed by atoms with Crippen LogP contribution in [0, 0.1) is 0 Å². The standard InChI is InChI=1S/C19H28N4O3S/c1-12(20)21-11-7-9-14(23-18(25)26-19(2,3)4)16(24)17-22-13-8-5-6-10-15(13)27-17/h5-6,8,10,14,16,24H,7,9,11H2,1-4H3,(H2,20,21)(H,23,25)/t14-,16?/m0/s1. The molecule has 27 heavy (non-hydrogen) atoms. The molecule has 0 saturated carbocycles. The van der Waals surface area contributed by atoms with Crippen molar-refractivity contribution < 1.29 is 14.6 Å². The van der Waals surface area contributed by atoms with Crippen LogP contribution in [0.15, 0.2) is 29.3 Å². The number of aromatic nitrogens is 1. The van der Waals surface area contributed by atoms with Crippen LogP contribution in [0.5, 0.6) is 0 Å². The molecule has 2 aromatic rings. The van der Waals surface area contributed by atoms with Crippen molar-refractivity contribution in [1.82, 2.24) is 10.3 Å². The average molecular weight is 393 g/mol. The Kier molecular flexibility index (Phi) is 7.15. The fourth-order valence-corrected chi connectivity index (χ4v) is 3.54. The molecule has 2 atom stereocenters. The Balaban J connectivity index is 2.13. The Morgan fingerprint density at radius 2 is 2.11 bits per heavy atom. The van der Waals surface area contributed by atoms with Crippen molar-refractivity contribution in [3.8, 4) is 0 Å². The zero-order valence-electron chi connectivity index (χ0n) is 16.2. The minimum atomic E-state index is -0.933. The van der Waals surface area contributed by atoms with E-state index in [0.717, 1.165) is 10.2 Å². The molecule has 1 unspecified atom stereocenters. The van der Waals surface area contributed by atoms with Gasteiger partial charge in [-0.3, -0.25) is 4.99 Å². The van der Waals surface area contributed by atoms with Gasteiger partial charge in [-0.25, -0.2) is 9.78 Å². The summed E-state index contributed by atoms with van der Waals surface area (Å²) in [5.74, 6) is 0.512. The molecule has 0 aliphatic heterocycles. The van der Waals surface area contributed by atoms with Gasteiger partial charge in [-0.15, -0.1) is 11.3 Å². The normalized spacial score (nSPS) is 14.8. The number of nitrogens with one attached hydrogen (secondary N) is 1. The van der Waals surface area contributed by atoms with E-state index in [2.05, 4.69) is 15.3 Å². The third-order valence-electron chi connectivity index (χ3n) is 3.68. The Labute approximate surface area is 163 Å². The first kappa shape index (κ1) is 21.1. The van der Waals surface area contributed by atoms with E-state index >= 15 is 0 Å². The first-order chi connectivity index (χ1) is 12.7. The molecule has 0 bridgehead atoms. The van der Waals surface area contributed by atoms with Crippen LogP contribution in [0.4, 0.5) is 4.79 Å². The van der Waals surface area contributed by atoms with Crippen LogP contribution in [-0.2, 0) is 4.74 Å². The van der Waals surface area contributed by atoms with Gasteiger partial charge in [0.15, 0.2) is 0 Å². The van der Waals surface area contributed by atoms with Crippen molar-refractivity contribution in [3.63, 3.8) is 0 Å². The second-order valence-corrected chi connectivity index (χ2v) is 8.44. The molecule has 0 aliphatic carbocycles. The first-order valence-corrected chi connectivity index (χ1v) is 9.77. The number of nitrogens with two attached hydrogens (primary N) is 1. The van der Waals surface area contributed by atoms with Crippen molar-refractivity contribution in [3.05, 3.63) is 29.3 Å². The van der Waals surface area contributed by atoms with E-state index in [4.69, 9.17) is 10.5 Å². The molecule has 0 aliphatic rings. The van der Waals surface area contributed by atoms with Gasteiger partial charge >= 0.3 is 6.09 Å². The van der Waals surface area contributed by atoms with Gasteiger partial charge < -0.3 is 20.9 Å². The zero-order valence-corrected chi connectivity index (χ0v) is 17.0. The van der Waals surface area contributed by atoms with E-state index in [1.807, 2.05) is 24.3 Å². The predicted octanol–water partition coefficient (Wildman–Crippen LogP) is 3.38. The number of benzene rings is 1. The number of amidine groups is 1. The summed E-state index contributed by atoms with van der Waals surface area (Å²) in [5, 5.41) is 14.2. The molecular formula is C19H28N4O3S. The van der Waals surface area contributed by atoms with Gasteiger partial charge in [-0.1, -0.05) is 12.1 Å². The summed E-state index contributed by atoms with van der Waals surface area (Å²) >= 11 is 1.42. The predicted molar refractivity (Wildman–Crippen MR) is 109 cm³/mol. The van der Waals surface area contributed by atoms with Crippen LogP contribution >= 0.6 is 11.3 Å². The molecule has 4 N–H and O–H groups in total.